The summed E-state index contributed by atoms with van der Waals surface area (Å²) in [5.74, 6) is 2.00. The summed E-state index contributed by atoms with van der Waals surface area (Å²) >= 11 is 0. The van der Waals surface area contributed by atoms with Gasteiger partial charge in [-0.05, 0) is 54.3 Å². The lowest BCUT2D eigenvalue weighted by molar-refractivity contribution is 0.178. The third-order valence-electron chi connectivity index (χ3n) is 6.57. The molecule has 1 aliphatic heterocycles. The van der Waals surface area contributed by atoms with Crippen LogP contribution in [-0.2, 0) is 20.0 Å². The van der Waals surface area contributed by atoms with E-state index in [1.165, 1.54) is 5.56 Å². The molecule has 11 nitrogen and oxygen atoms in total. The van der Waals surface area contributed by atoms with Crippen LogP contribution in [0.5, 0.6) is 0 Å². The molecule has 0 aliphatic carbocycles. The predicted molar refractivity (Wildman–Crippen MR) is 139 cm³/mol. The van der Waals surface area contributed by atoms with Crippen LogP contribution in [0.4, 0.5) is 17.2 Å². The third kappa shape index (κ3) is 5.20. The van der Waals surface area contributed by atoms with Crippen molar-refractivity contribution in [1.29, 1.82) is 0 Å². The van der Waals surface area contributed by atoms with Crippen molar-refractivity contribution >= 4 is 17.2 Å². The van der Waals surface area contributed by atoms with Crippen LogP contribution in [-0.4, -0.2) is 71.2 Å². The Hall–Kier alpha value is -3.86. The molecule has 0 unspecified atom stereocenters. The first-order chi connectivity index (χ1) is 17.5. The molecule has 4 aromatic rings. The fraction of sp³-hybridized carbons (Fsp3) is 0.440. The van der Waals surface area contributed by atoms with Gasteiger partial charge in [-0.15, -0.1) is 10.2 Å². The first kappa shape index (κ1) is 23.9. The molecule has 0 radical (unpaired) electrons. The average Bonchev–Trinajstić information content (AvgIpc) is 3.53. The molecule has 0 spiro atoms. The topological polar surface area (TPSA) is 117 Å². The number of nitrogens with zero attached hydrogens (tertiary/aromatic N) is 9. The van der Waals surface area contributed by atoms with Gasteiger partial charge in [0, 0.05) is 51.5 Å². The molecule has 1 saturated heterocycles. The highest BCUT2D eigenvalue weighted by atomic mass is 15.5. The van der Waals surface area contributed by atoms with Crippen LogP contribution in [0.2, 0.25) is 0 Å². The van der Waals surface area contributed by atoms with Gasteiger partial charge in [-0.25, -0.2) is 0 Å². The van der Waals surface area contributed by atoms with Gasteiger partial charge in [-0.3, -0.25) is 9.58 Å². The van der Waals surface area contributed by atoms with Crippen LogP contribution in [0.15, 0.2) is 42.7 Å². The Labute approximate surface area is 210 Å². The van der Waals surface area contributed by atoms with Crippen LogP contribution in [0.25, 0.3) is 11.4 Å². The number of aromatic nitrogens is 8. The molecule has 1 fully saturated rings. The van der Waals surface area contributed by atoms with Crippen molar-refractivity contribution in [3.05, 3.63) is 54.0 Å². The lowest BCUT2D eigenvalue weighted by Gasteiger charge is -2.41. The summed E-state index contributed by atoms with van der Waals surface area (Å²) in [6, 6.07) is 10.8. The zero-order valence-corrected chi connectivity index (χ0v) is 21.3. The monoisotopic (exact) mass is 487 g/mol. The van der Waals surface area contributed by atoms with Gasteiger partial charge >= 0.3 is 0 Å². The van der Waals surface area contributed by atoms with Crippen LogP contribution < -0.4 is 10.2 Å². The van der Waals surface area contributed by atoms with Crippen LogP contribution in [0.1, 0.15) is 32.0 Å². The zero-order chi connectivity index (χ0) is 25.1. The van der Waals surface area contributed by atoms with Crippen LogP contribution in [0.3, 0.4) is 0 Å². The quantitative estimate of drug-likeness (QED) is 0.387. The average molecular weight is 488 g/mol. The van der Waals surface area contributed by atoms with E-state index < -0.39 is 0 Å². The second-order valence-corrected chi connectivity index (χ2v) is 9.82. The first-order valence-corrected chi connectivity index (χ1v) is 12.4. The van der Waals surface area contributed by atoms with Gasteiger partial charge in [0.05, 0.1) is 28.8 Å². The fourth-order valence-corrected chi connectivity index (χ4v) is 4.83. The summed E-state index contributed by atoms with van der Waals surface area (Å²) in [6.07, 6.45) is 4.47. The number of hydrogen-bond acceptors (Lipinski definition) is 9. The van der Waals surface area contributed by atoms with E-state index in [1.807, 2.05) is 29.9 Å². The van der Waals surface area contributed by atoms with Crippen LogP contribution in [0, 0.1) is 5.92 Å². The molecule has 1 aliphatic rings. The van der Waals surface area contributed by atoms with E-state index in [0.29, 0.717) is 17.8 Å². The van der Waals surface area contributed by atoms with Crippen molar-refractivity contribution in [1.82, 2.24) is 45.5 Å². The van der Waals surface area contributed by atoms with Crippen molar-refractivity contribution in [2.24, 2.45) is 13.0 Å². The van der Waals surface area contributed by atoms with Gasteiger partial charge < -0.3 is 10.2 Å². The largest absolute Gasteiger partial charge is 0.368 e. The standard InChI is InChI=1S/C25H33N11/c1-17(2)12-19-13-21(28-23-7-9-27-34(23)4)24(25-30-32-33-31-25)22(14-19)36-11-10-35(18(3)15-36)16-20-6-5-8-26-29-20/h5-9,13-14,17-18,28H,10-12,15-16H2,1-4H3,(H,30,31,32,33)/t18-/m0/s1. The Kier molecular flexibility index (Phi) is 6.90. The molecule has 2 N–H and O–H groups in total. The van der Waals surface area contributed by atoms with Gasteiger partial charge in [0.25, 0.3) is 0 Å². The molecule has 5 rings (SSSR count). The minimum atomic E-state index is 0.334. The number of anilines is 3. The van der Waals surface area contributed by atoms with E-state index in [1.54, 1.807) is 12.4 Å². The maximum absolute atomic E-state index is 4.37. The van der Waals surface area contributed by atoms with E-state index in [4.69, 9.17) is 0 Å². The van der Waals surface area contributed by atoms with E-state index in [0.717, 1.165) is 61.0 Å². The molecule has 188 valence electrons. The smallest absolute Gasteiger partial charge is 0.208 e. The van der Waals surface area contributed by atoms with Gasteiger partial charge in [-0.1, -0.05) is 13.8 Å². The second kappa shape index (κ2) is 10.4. The van der Waals surface area contributed by atoms with Crippen molar-refractivity contribution in [2.75, 3.05) is 29.9 Å². The maximum atomic E-state index is 4.37. The van der Waals surface area contributed by atoms with Crippen molar-refractivity contribution in [3.63, 3.8) is 0 Å². The minimum Gasteiger partial charge on any atom is -0.368 e. The van der Waals surface area contributed by atoms with E-state index in [2.05, 4.69) is 83.9 Å². The number of aromatic amines is 1. The third-order valence-corrected chi connectivity index (χ3v) is 6.57. The molecular formula is C25H33N11. The molecule has 0 saturated carbocycles. The summed E-state index contributed by atoms with van der Waals surface area (Å²) in [4.78, 5) is 4.91. The minimum absolute atomic E-state index is 0.334. The number of piperazine rings is 1. The lowest BCUT2D eigenvalue weighted by atomic mass is 9.97. The molecule has 3 aromatic heterocycles. The van der Waals surface area contributed by atoms with Crippen molar-refractivity contribution < 1.29 is 0 Å². The molecule has 1 aromatic carbocycles. The first-order valence-electron chi connectivity index (χ1n) is 12.4. The second-order valence-electron chi connectivity index (χ2n) is 9.82. The number of hydrogen-bond donors (Lipinski definition) is 2. The number of benzene rings is 1. The summed E-state index contributed by atoms with van der Waals surface area (Å²) in [6.45, 7) is 10.2. The summed E-state index contributed by atoms with van der Waals surface area (Å²) in [5, 5.41) is 31.5. The highest BCUT2D eigenvalue weighted by molar-refractivity contribution is 5.88. The summed E-state index contributed by atoms with van der Waals surface area (Å²) in [7, 11) is 1.92. The number of aryl methyl sites for hydroxylation is 1. The Balaban J connectivity index is 1.51. The van der Waals surface area contributed by atoms with E-state index in [-0.39, 0.29) is 0 Å². The number of H-pyrrole nitrogens is 1. The Morgan fingerprint density at radius 3 is 2.69 bits per heavy atom. The number of rotatable bonds is 8. The predicted octanol–water partition coefficient (Wildman–Crippen LogP) is 3.04. The molecule has 11 heteroatoms. The van der Waals surface area contributed by atoms with Gasteiger partial charge in [0.15, 0.2) is 0 Å². The number of nitrogens with one attached hydrogen (secondary N) is 2. The molecule has 1 atom stereocenters. The maximum Gasteiger partial charge on any atom is 0.208 e. The molecule has 0 bridgehead atoms. The number of tetrazole rings is 1. The van der Waals surface area contributed by atoms with Crippen LogP contribution >= 0.6 is 0 Å². The molecule has 0 amide bonds. The molecule has 4 heterocycles. The Morgan fingerprint density at radius 2 is 2.03 bits per heavy atom. The van der Waals surface area contributed by atoms with Gasteiger partial charge in [-0.2, -0.15) is 20.5 Å². The summed E-state index contributed by atoms with van der Waals surface area (Å²) < 4.78 is 1.82. The van der Waals surface area contributed by atoms with Gasteiger partial charge in [0.1, 0.15) is 5.82 Å². The summed E-state index contributed by atoms with van der Waals surface area (Å²) in [5.41, 5.74) is 5.26. The highest BCUT2D eigenvalue weighted by Gasteiger charge is 2.28. The van der Waals surface area contributed by atoms with E-state index >= 15 is 0 Å². The van der Waals surface area contributed by atoms with Crippen molar-refractivity contribution in [3.8, 4) is 11.4 Å². The lowest BCUT2D eigenvalue weighted by Crippen LogP contribution is -2.51. The van der Waals surface area contributed by atoms with E-state index in [9.17, 15) is 0 Å². The zero-order valence-electron chi connectivity index (χ0n) is 21.3. The fourth-order valence-electron chi connectivity index (χ4n) is 4.83. The normalized spacial score (nSPS) is 16.6. The Bertz CT molecular complexity index is 1270. The molecule has 36 heavy (non-hydrogen) atoms. The van der Waals surface area contributed by atoms with Gasteiger partial charge in [0.2, 0.25) is 5.82 Å². The van der Waals surface area contributed by atoms with Crippen molar-refractivity contribution in [2.45, 2.75) is 39.8 Å². The highest BCUT2D eigenvalue weighted by Crippen LogP contribution is 2.39. The SMILES string of the molecule is CC(C)Cc1cc(Nc2ccnn2C)c(-c2nn[nH]n2)c(N2CCN(Cc3cccnn3)[C@@H](C)C2)c1. The molecular weight excluding hydrogens is 454 g/mol. The Morgan fingerprint density at radius 1 is 1.14 bits per heavy atom.